The standard InChI is InChI=1S/C16H14IN3O/c1-10(15-19-13-4-2-3-5-14(13)20-15)18-16(21)11-6-8-12(17)9-7-11/h2-10H,1H3,(H,18,21)(H,19,20). The van der Waals surface area contributed by atoms with Gasteiger partial charge in [0.15, 0.2) is 0 Å². The van der Waals surface area contributed by atoms with Crippen molar-refractivity contribution in [1.82, 2.24) is 15.3 Å². The lowest BCUT2D eigenvalue weighted by Crippen LogP contribution is -2.27. The summed E-state index contributed by atoms with van der Waals surface area (Å²) in [7, 11) is 0. The van der Waals surface area contributed by atoms with Gasteiger partial charge in [-0.05, 0) is 65.9 Å². The van der Waals surface area contributed by atoms with Gasteiger partial charge in [-0.2, -0.15) is 0 Å². The van der Waals surface area contributed by atoms with E-state index >= 15 is 0 Å². The molecule has 5 heteroatoms. The van der Waals surface area contributed by atoms with E-state index in [9.17, 15) is 4.79 Å². The molecule has 0 radical (unpaired) electrons. The average Bonchev–Trinajstić information content (AvgIpc) is 2.92. The molecule has 1 unspecified atom stereocenters. The van der Waals surface area contributed by atoms with E-state index < -0.39 is 0 Å². The molecule has 0 saturated carbocycles. The van der Waals surface area contributed by atoms with E-state index in [1.807, 2.05) is 55.5 Å². The fourth-order valence-electron chi connectivity index (χ4n) is 2.13. The van der Waals surface area contributed by atoms with Crippen molar-refractivity contribution in [3.8, 4) is 0 Å². The van der Waals surface area contributed by atoms with E-state index in [0.29, 0.717) is 5.56 Å². The molecule has 1 atom stereocenters. The Bertz CT molecular complexity index is 747. The minimum Gasteiger partial charge on any atom is -0.342 e. The number of rotatable bonds is 3. The fraction of sp³-hybridized carbons (Fsp3) is 0.125. The third-order valence-corrected chi connectivity index (χ3v) is 3.99. The molecule has 0 aliphatic heterocycles. The normalized spacial score (nSPS) is 12.3. The van der Waals surface area contributed by atoms with Gasteiger partial charge in [0.25, 0.3) is 5.91 Å². The van der Waals surface area contributed by atoms with Gasteiger partial charge in [-0.15, -0.1) is 0 Å². The minimum absolute atomic E-state index is 0.0978. The van der Waals surface area contributed by atoms with Crippen LogP contribution >= 0.6 is 22.6 Å². The fourth-order valence-corrected chi connectivity index (χ4v) is 2.49. The van der Waals surface area contributed by atoms with E-state index in [-0.39, 0.29) is 11.9 Å². The largest absolute Gasteiger partial charge is 0.342 e. The first-order valence-electron chi connectivity index (χ1n) is 6.64. The van der Waals surface area contributed by atoms with E-state index in [1.54, 1.807) is 0 Å². The Hall–Kier alpha value is -1.89. The van der Waals surface area contributed by atoms with Crippen LogP contribution < -0.4 is 5.32 Å². The topological polar surface area (TPSA) is 57.8 Å². The zero-order valence-corrected chi connectivity index (χ0v) is 13.6. The van der Waals surface area contributed by atoms with Gasteiger partial charge in [0.2, 0.25) is 0 Å². The van der Waals surface area contributed by atoms with Crippen molar-refractivity contribution < 1.29 is 4.79 Å². The smallest absolute Gasteiger partial charge is 0.251 e. The monoisotopic (exact) mass is 391 g/mol. The molecule has 3 rings (SSSR count). The molecule has 1 amide bonds. The molecule has 0 fully saturated rings. The maximum absolute atomic E-state index is 12.2. The molecular weight excluding hydrogens is 377 g/mol. The summed E-state index contributed by atoms with van der Waals surface area (Å²) in [5, 5.41) is 2.96. The number of carbonyl (C=O) groups is 1. The number of para-hydroxylation sites is 2. The Morgan fingerprint density at radius 1 is 1.19 bits per heavy atom. The summed E-state index contributed by atoms with van der Waals surface area (Å²) in [6.07, 6.45) is 0. The Labute approximate surface area is 136 Å². The van der Waals surface area contributed by atoms with Crippen molar-refractivity contribution in [1.29, 1.82) is 0 Å². The lowest BCUT2D eigenvalue weighted by Gasteiger charge is -2.11. The summed E-state index contributed by atoms with van der Waals surface area (Å²) < 4.78 is 1.11. The molecule has 3 aromatic rings. The number of benzene rings is 2. The summed E-state index contributed by atoms with van der Waals surface area (Å²) in [5.41, 5.74) is 2.53. The SMILES string of the molecule is CC(NC(=O)c1ccc(I)cc1)c1nc2ccccc2[nH]1. The second kappa shape index (κ2) is 5.85. The quantitative estimate of drug-likeness (QED) is 0.670. The number of carbonyl (C=O) groups excluding carboxylic acids is 1. The minimum atomic E-state index is -0.177. The van der Waals surface area contributed by atoms with Gasteiger partial charge in [-0.25, -0.2) is 4.98 Å². The molecule has 2 aromatic carbocycles. The van der Waals surface area contributed by atoms with Crippen LogP contribution in [-0.2, 0) is 0 Å². The van der Waals surface area contributed by atoms with E-state index in [2.05, 4.69) is 37.9 Å². The number of halogens is 1. The second-order valence-corrected chi connectivity index (χ2v) is 6.09. The van der Waals surface area contributed by atoms with E-state index in [0.717, 1.165) is 20.4 Å². The van der Waals surface area contributed by atoms with Gasteiger partial charge in [-0.3, -0.25) is 4.79 Å². The highest BCUT2D eigenvalue weighted by Crippen LogP contribution is 2.16. The Kier molecular flexibility index (Phi) is 3.92. The van der Waals surface area contributed by atoms with Crippen molar-refractivity contribution in [3.05, 3.63) is 63.5 Å². The van der Waals surface area contributed by atoms with Crippen molar-refractivity contribution in [2.45, 2.75) is 13.0 Å². The molecule has 106 valence electrons. The van der Waals surface area contributed by atoms with Crippen LogP contribution in [0.1, 0.15) is 29.1 Å². The molecule has 2 N–H and O–H groups in total. The highest BCUT2D eigenvalue weighted by atomic mass is 127. The van der Waals surface area contributed by atoms with Crippen LogP contribution in [0, 0.1) is 3.57 Å². The Morgan fingerprint density at radius 3 is 2.62 bits per heavy atom. The number of aromatic nitrogens is 2. The van der Waals surface area contributed by atoms with Crippen molar-refractivity contribution >= 4 is 39.5 Å². The first-order chi connectivity index (χ1) is 10.1. The summed E-state index contributed by atoms with van der Waals surface area (Å²) in [4.78, 5) is 19.9. The average molecular weight is 391 g/mol. The van der Waals surface area contributed by atoms with E-state index in [4.69, 9.17) is 0 Å². The second-order valence-electron chi connectivity index (χ2n) is 4.84. The van der Waals surface area contributed by atoms with Gasteiger partial charge in [0, 0.05) is 9.13 Å². The van der Waals surface area contributed by atoms with Crippen molar-refractivity contribution in [2.75, 3.05) is 0 Å². The van der Waals surface area contributed by atoms with Gasteiger partial charge >= 0.3 is 0 Å². The van der Waals surface area contributed by atoms with Gasteiger partial charge < -0.3 is 10.3 Å². The number of aromatic amines is 1. The highest BCUT2D eigenvalue weighted by molar-refractivity contribution is 14.1. The number of nitrogens with zero attached hydrogens (tertiary/aromatic N) is 1. The van der Waals surface area contributed by atoms with Crippen LogP contribution in [0.5, 0.6) is 0 Å². The zero-order valence-electron chi connectivity index (χ0n) is 11.4. The highest BCUT2D eigenvalue weighted by Gasteiger charge is 2.14. The van der Waals surface area contributed by atoms with Crippen molar-refractivity contribution in [3.63, 3.8) is 0 Å². The summed E-state index contributed by atoms with van der Waals surface area (Å²) >= 11 is 2.22. The summed E-state index contributed by atoms with van der Waals surface area (Å²) in [6.45, 7) is 1.92. The summed E-state index contributed by atoms with van der Waals surface area (Å²) in [6, 6.07) is 15.1. The molecule has 21 heavy (non-hydrogen) atoms. The predicted molar refractivity (Wildman–Crippen MR) is 91.1 cm³/mol. The first kappa shape index (κ1) is 14.1. The third kappa shape index (κ3) is 3.07. The first-order valence-corrected chi connectivity index (χ1v) is 7.72. The molecule has 1 aromatic heterocycles. The number of hydrogen-bond donors (Lipinski definition) is 2. The van der Waals surface area contributed by atoms with Crippen LogP contribution in [0.15, 0.2) is 48.5 Å². The van der Waals surface area contributed by atoms with E-state index in [1.165, 1.54) is 0 Å². The molecule has 0 aliphatic rings. The van der Waals surface area contributed by atoms with Crippen LogP contribution in [-0.4, -0.2) is 15.9 Å². The summed E-state index contributed by atoms with van der Waals surface area (Å²) in [5.74, 6) is 0.661. The number of fused-ring (bicyclic) bond motifs is 1. The number of amides is 1. The molecule has 0 saturated heterocycles. The molecule has 0 aliphatic carbocycles. The number of H-pyrrole nitrogens is 1. The van der Waals surface area contributed by atoms with Gasteiger partial charge in [0.05, 0.1) is 17.1 Å². The Balaban J connectivity index is 1.77. The lowest BCUT2D eigenvalue weighted by molar-refractivity contribution is 0.0938. The maximum Gasteiger partial charge on any atom is 0.251 e. The molecule has 4 nitrogen and oxygen atoms in total. The van der Waals surface area contributed by atoms with Crippen LogP contribution in [0.25, 0.3) is 11.0 Å². The maximum atomic E-state index is 12.2. The predicted octanol–water partition coefficient (Wildman–Crippen LogP) is 3.66. The van der Waals surface area contributed by atoms with Crippen LogP contribution in [0.2, 0.25) is 0 Å². The number of imidazole rings is 1. The van der Waals surface area contributed by atoms with Crippen LogP contribution in [0.4, 0.5) is 0 Å². The van der Waals surface area contributed by atoms with Gasteiger partial charge in [0.1, 0.15) is 5.82 Å². The third-order valence-electron chi connectivity index (χ3n) is 3.27. The van der Waals surface area contributed by atoms with Crippen molar-refractivity contribution in [2.24, 2.45) is 0 Å². The van der Waals surface area contributed by atoms with Crippen LogP contribution in [0.3, 0.4) is 0 Å². The molecule has 1 heterocycles. The zero-order chi connectivity index (χ0) is 14.8. The molecular formula is C16H14IN3O. The number of hydrogen-bond acceptors (Lipinski definition) is 2. The Morgan fingerprint density at radius 2 is 1.90 bits per heavy atom. The lowest BCUT2D eigenvalue weighted by atomic mass is 10.2. The molecule has 0 spiro atoms. The van der Waals surface area contributed by atoms with Gasteiger partial charge in [-0.1, -0.05) is 12.1 Å². The molecule has 0 bridgehead atoms. The number of nitrogens with one attached hydrogen (secondary N) is 2.